The topological polar surface area (TPSA) is 18.5 Å². The van der Waals surface area contributed by atoms with Crippen molar-refractivity contribution in [3.63, 3.8) is 0 Å². The van der Waals surface area contributed by atoms with Crippen molar-refractivity contribution < 1.29 is 9.47 Å². The van der Waals surface area contributed by atoms with Crippen LogP contribution < -0.4 is 9.47 Å². The molecule has 0 saturated carbocycles. The van der Waals surface area contributed by atoms with Crippen LogP contribution >= 0.6 is 11.8 Å². The lowest BCUT2D eigenvalue weighted by Gasteiger charge is -2.09. The lowest BCUT2D eigenvalue weighted by molar-refractivity contribution is 0.387. The maximum Gasteiger partial charge on any atom is 0.136 e. The van der Waals surface area contributed by atoms with E-state index in [2.05, 4.69) is 12.1 Å². The number of hydrogen-bond acceptors (Lipinski definition) is 3. The Balaban J connectivity index is 2.26. The molecule has 0 atom stereocenters. The van der Waals surface area contributed by atoms with Gasteiger partial charge in [-0.1, -0.05) is 30.0 Å². The summed E-state index contributed by atoms with van der Waals surface area (Å²) in [7, 11) is 3.32. The fourth-order valence-electron chi connectivity index (χ4n) is 1.47. The van der Waals surface area contributed by atoms with Gasteiger partial charge in [0.25, 0.3) is 0 Å². The first-order valence-corrected chi connectivity index (χ1v) is 6.10. The maximum atomic E-state index is 5.36. The lowest BCUT2D eigenvalue weighted by atomic mass is 10.3. The van der Waals surface area contributed by atoms with Gasteiger partial charge in [-0.05, 0) is 24.3 Å². The quantitative estimate of drug-likeness (QED) is 0.816. The Hall–Kier alpha value is -1.61. The molecule has 0 aliphatic rings. The average Bonchev–Trinajstić information content (AvgIpc) is 2.40. The monoisotopic (exact) mass is 246 g/mol. The molecule has 0 aliphatic heterocycles. The smallest absolute Gasteiger partial charge is 0.136 e. The zero-order valence-electron chi connectivity index (χ0n) is 9.84. The Morgan fingerprint density at radius 3 is 2.29 bits per heavy atom. The predicted octanol–water partition coefficient (Wildman–Crippen LogP) is 3.86. The second-order valence-electron chi connectivity index (χ2n) is 3.43. The molecular weight excluding hydrogens is 232 g/mol. The van der Waals surface area contributed by atoms with Crippen LogP contribution in [0, 0.1) is 0 Å². The SMILES string of the molecule is COc1ccc(Sc2ccccc2)c(OC)c1. The summed E-state index contributed by atoms with van der Waals surface area (Å²) >= 11 is 1.68. The molecule has 0 bridgehead atoms. The van der Waals surface area contributed by atoms with Gasteiger partial charge in [0.2, 0.25) is 0 Å². The zero-order valence-corrected chi connectivity index (χ0v) is 10.7. The van der Waals surface area contributed by atoms with Crippen molar-refractivity contribution in [1.82, 2.24) is 0 Å². The van der Waals surface area contributed by atoms with Gasteiger partial charge in [0.15, 0.2) is 0 Å². The second kappa shape index (κ2) is 5.64. The van der Waals surface area contributed by atoms with Crippen LogP contribution in [0.25, 0.3) is 0 Å². The first kappa shape index (κ1) is 11.9. The van der Waals surface area contributed by atoms with E-state index in [1.807, 2.05) is 36.4 Å². The molecule has 2 aromatic rings. The van der Waals surface area contributed by atoms with Crippen LogP contribution in [-0.2, 0) is 0 Å². The number of methoxy groups -OCH3 is 2. The van der Waals surface area contributed by atoms with Crippen molar-refractivity contribution in [2.75, 3.05) is 14.2 Å². The summed E-state index contributed by atoms with van der Waals surface area (Å²) in [5, 5.41) is 0. The highest BCUT2D eigenvalue weighted by molar-refractivity contribution is 7.99. The molecule has 0 radical (unpaired) electrons. The van der Waals surface area contributed by atoms with Crippen LogP contribution in [0.5, 0.6) is 11.5 Å². The highest BCUT2D eigenvalue weighted by atomic mass is 32.2. The highest BCUT2D eigenvalue weighted by Crippen LogP contribution is 2.36. The van der Waals surface area contributed by atoms with E-state index in [0.717, 1.165) is 16.4 Å². The molecule has 0 N–H and O–H groups in total. The van der Waals surface area contributed by atoms with Crippen LogP contribution in [0.1, 0.15) is 0 Å². The normalized spacial score (nSPS) is 10.0. The van der Waals surface area contributed by atoms with E-state index in [9.17, 15) is 0 Å². The van der Waals surface area contributed by atoms with Crippen LogP contribution in [0.3, 0.4) is 0 Å². The Kier molecular flexibility index (Phi) is 3.94. The number of rotatable bonds is 4. The standard InChI is InChI=1S/C14H14O2S/c1-15-11-8-9-14(13(10-11)16-2)17-12-6-4-3-5-7-12/h3-10H,1-2H3. The molecule has 3 heteroatoms. The molecule has 0 heterocycles. The Morgan fingerprint density at radius 1 is 0.882 bits per heavy atom. The number of benzene rings is 2. The summed E-state index contributed by atoms with van der Waals surface area (Å²) in [5.41, 5.74) is 0. The Labute approximate surface area is 106 Å². The molecule has 0 saturated heterocycles. The van der Waals surface area contributed by atoms with Gasteiger partial charge in [0, 0.05) is 11.0 Å². The third-order valence-corrected chi connectivity index (χ3v) is 3.41. The van der Waals surface area contributed by atoms with Crippen molar-refractivity contribution in [3.05, 3.63) is 48.5 Å². The molecule has 0 fully saturated rings. The minimum absolute atomic E-state index is 0.805. The van der Waals surface area contributed by atoms with Crippen molar-refractivity contribution >= 4 is 11.8 Å². The largest absolute Gasteiger partial charge is 0.497 e. The van der Waals surface area contributed by atoms with Gasteiger partial charge in [-0.2, -0.15) is 0 Å². The third-order valence-electron chi connectivity index (χ3n) is 2.34. The molecule has 0 spiro atoms. The summed E-state index contributed by atoms with van der Waals surface area (Å²) in [6.07, 6.45) is 0. The van der Waals surface area contributed by atoms with E-state index in [0.29, 0.717) is 0 Å². The van der Waals surface area contributed by atoms with E-state index in [1.54, 1.807) is 26.0 Å². The molecule has 2 rings (SSSR count). The molecule has 88 valence electrons. The predicted molar refractivity (Wildman–Crippen MR) is 70.1 cm³/mol. The van der Waals surface area contributed by atoms with Crippen molar-refractivity contribution in [2.24, 2.45) is 0 Å². The Bertz CT molecular complexity index is 483. The van der Waals surface area contributed by atoms with Gasteiger partial charge in [-0.25, -0.2) is 0 Å². The first-order valence-electron chi connectivity index (χ1n) is 5.28. The van der Waals surface area contributed by atoms with Crippen molar-refractivity contribution in [2.45, 2.75) is 9.79 Å². The molecule has 17 heavy (non-hydrogen) atoms. The van der Waals surface area contributed by atoms with Crippen LogP contribution in [-0.4, -0.2) is 14.2 Å². The van der Waals surface area contributed by atoms with E-state index >= 15 is 0 Å². The average molecular weight is 246 g/mol. The molecular formula is C14H14O2S. The zero-order chi connectivity index (χ0) is 12.1. The van der Waals surface area contributed by atoms with Crippen molar-refractivity contribution in [1.29, 1.82) is 0 Å². The van der Waals surface area contributed by atoms with Gasteiger partial charge in [0.05, 0.1) is 19.1 Å². The van der Waals surface area contributed by atoms with Crippen LogP contribution in [0.15, 0.2) is 58.3 Å². The molecule has 0 aromatic heterocycles. The summed E-state index contributed by atoms with van der Waals surface area (Å²) < 4.78 is 10.5. The van der Waals surface area contributed by atoms with E-state index in [-0.39, 0.29) is 0 Å². The summed E-state index contributed by atoms with van der Waals surface area (Å²) in [6, 6.07) is 16.1. The minimum atomic E-state index is 0.805. The van der Waals surface area contributed by atoms with Crippen LogP contribution in [0.2, 0.25) is 0 Å². The van der Waals surface area contributed by atoms with E-state index in [1.165, 1.54) is 4.90 Å². The number of ether oxygens (including phenoxy) is 2. The lowest BCUT2D eigenvalue weighted by Crippen LogP contribution is -1.89. The van der Waals surface area contributed by atoms with Gasteiger partial charge >= 0.3 is 0 Å². The molecule has 0 unspecified atom stereocenters. The Morgan fingerprint density at radius 2 is 1.65 bits per heavy atom. The van der Waals surface area contributed by atoms with Crippen LogP contribution in [0.4, 0.5) is 0 Å². The van der Waals surface area contributed by atoms with Gasteiger partial charge in [-0.15, -0.1) is 0 Å². The summed E-state index contributed by atoms with van der Waals surface area (Å²) in [6.45, 7) is 0. The van der Waals surface area contributed by atoms with E-state index < -0.39 is 0 Å². The summed E-state index contributed by atoms with van der Waals surface area (Å²) in [5.74, 6) is 1.64. The fraction of sp³-hybridized carbons (Fsp3) is 0.143. The first-order chi connectivity index (χ1) is 8.33. The summed E-state index contributed by atoms with van der Waals surface area (Å²) in [4.78, 5) is 2.27. The van der Waals surface area contributed by atoms with E-state index in [4.69, 9.17) is 9.47 Å². The molecule has 2 aromatic carbocycles. The minimum Gasteiger partial charge on any atom is -0.497 e. The fourth-order valence-corrected chi connectivity index (χ4v) is 2.40. The molecule has 2 nitrogen and oxygen atoms in total. The van der Waals surface area contributed by atoms with Gasteiger partial charge in [0.1, 0.15) is 11.5 Å². The maximum absolute atomic E-state index is 5.36. The molecule has 0 aliphatic carbocycles. The van der Waals surface area contributed by atoms with Crippen molar-refractivity contribution in [3.8, 4) is 11.5 Å². The van der Waals surface area contributed by atoms with Gasteiger partial charge < -0.3 is 9.47 Å². The highest BCUT2D eigenvalue weighted by Gasteiger charge is 2.06. The van der Waals surface area contributed by atoms with Gasteiger partial charge in [-0.3, -0.25) is 0 Å². The molecule has 0 amide bonds. The third kappa shape index (κ3) is 2.94. The second-order valence-corrected chi connectivity index (χ2v) is 4.55. The number of hydrogen-bond donors (Lipinski definition) is 0.